The molecule has 2 aromatic heterocycles. The quantitative estimate of drug-likeness (QED) is 0.552. The zero-order valence-electron chi connectivity index (χ0n) is 18.6. The molecule has 0 saturated carbocycles. The Morgan fingerprint density at radius 2 is 1.69 bits per heavy atom. The molecule has 1 aliphatic heterocycles. The molecule has 15 heteroatoms. The number of aryl methyl sites for hydroxylation is 1. The summed E-state index contributed by atoms with van der Waals surface area (Å²) in [5, 5.41) is 17.6. The molecule has 0 saturated heterocycles. The molecule has 2 aromatic rings. The molecule has 3 heterocycles. The van der Waals surface area contributed by atoms with Crippen molar-refractivity contribution >= 4 is 23.3 Å². The van der Waals surface area contributed by atoms with Crippen LogP contribution in [0, 0.1) is 6.92 Å². The molecule has 2 N–H and O–H groups in total. The van der Waals surface area contributed by atoms with Gasteiger partial charge in [0.05, 0.1) is 17.3 Å². The van der Waals surface area contributed by atoms with Crippen LogP contribution in [-0.4, -0.2) is 62.5 Å². The normalized spacial score (nSPS) is 13.6. The van der Waals surface area contributed by atoms with Crippen LogP contribution in [-0.2, 0) is 40.4 Å². The van der Waals surface area contributed by atoms with Crippen molar-refractivity contribution in [2.24, 2.45) is 0 Å². The molecule has 8 nitrogen and oxygen atoms in total. The van der Waals surface area contributed by atoms with Crippen LogP contribution in [0.4, 0.5) is 26.3 Å². The van der Waals surface area contributed by atoms with Crippen LogP contribution in [0.25, 0.3) is 0 Å². The fourth-order valence-electron chi connectivity index (χ4n) is 2.81. The SMILES string of the molecule is CCOCc1cncc2c1CCN(Cc1csc(C)n1)C2.O=C(O)C(F)(F)F.O=C(O)C(F)(F)F. The molecule has 35 heavy (non-hydrogen) atoms. The summed E-state index contributed by atoms with van der Waals surface area (Å²) in [6, 6.07) is 0. The number of carbonyl (C=O) groups is 2. The van der Waals surface area contributed by atoms with Gasteiger partial charge in [-0.3, -0.25) is 9.88 Å². The third-order valence-electron chi connectivity index (χ3n) is 4.31. The highest BCUT2D eigenvalue weighted by Crippen LogP contribution is 2.23. The molecule has 0 unspecified atom stereocenters. The zero-order valence-corrected chi connectivity index (χ0v) is 19.4. The molecule has 0 atom stereocenters. The van der Waals surface area contributed by atoms with E-state index < -0.39 is 24.3 Å². The number of halogens is 6. The highest BCUT2D eigenvalue weighted by Gasteiger charge is 2.38. The lowest BCUT2D eigenvalue weighted by Gasteiger charge is -2.29. The van der Waals surface area contributed by atoms with Crippen LogP contribution in [0.5, 0.6) is 0 Å². The van der Waals surface area contributed by atoms with Gasteiger partial charge in [0.15, 0.2) is 0 Å². The maximum atomic E-state index is 10.6. The van der Waals surface area contributed by atoms with Gasteiger partial charge in [0.2, 0.25) is 0 Å². The first-order valence-corrected chi connectivity index (χ1v) is 10.8. The molecule has 0 aromatic carbocycles. The van der Waals surface area contributed by atoms with Crippen molar-refractivity contribution in [2.75, 3.05) is 13.2 Å². The molecule has 0 spiro atoms. The van der Waals surface area contributed by atoms with Crippen molar-refractivity contribution in [3.8, 4) is 0 Å². The van der Waals surface area contributed by atoms with Gasteiger partial charge in [-0.1, -0.05) is 0 Å². The van der Waals surface area contributed by atoms with Crippen LogP contribution < -0.4 is 0 Å². The van der Waals surface area contributed by atoms with Crippen molar-refractivity contribution in [1.29, 1.82) is 0 Å². The summed E-state index contributed by atoms with van der Waals surface area (Å²) in [6.07, 6.45) is -5.14. The maximum Gasteiger partial charge on any atom is 0.490 e. The molecule has 3 rings (SSSR count). The summed E-state index contributed by atoms with van der Waals surface area (Å²) in [5.41, 5.74) is 5.20. The van der Waals surface area contributed by atoms with Crippen molar-refractivity contribution in [3.05, 3.63) is 45.2 Å². The highest BCUT2D eigenvalue weighted by atomic mass is 32.1. The lowest BCUT2D eigenvalue weighted by molar-refractivity contribution is -0.193. The smallest absolute Gasteiger partial charge is 0.475 e. The van der Waals surface area contributed by atoms with Crippen LogP contribution in [0.1, 0.15) is 34.3 Å². The average molecular weight is 531 g/mol. The summed E-state index contributed by atoms with van der Waals surface area (Å²) in [7, 11) is 0. The van der Waals surface area contributed by atoms with Gasteiger partial charge in [-0.25, -0.2) is 14.6 Å². The number of hydrogen-bond donors (Lipinski definition) is 2. The molecule has 0 fully saturated rings. The molecular formula is C20H23F6N3O5S. The Bertz CT molecular complexity index is 957. The van der Waals surface area contributed by atoms with Gasteiger partial charge in [-0.2, -0.15) is 26.3 Å². The van der Waals surface area contributed by atoms with Crippen molar-refractivity contribution in [3.63, 3.8) is 0 Å². The van der Waals surface area contributed by atoms with E-state index in [2.05, 4.69) is 27.2 Å². The van der Waals surface area contributed by atoms with Crippen LogP contribution in [0.2, 0.25) is 0 Å². The molecular weight excluding hydrogens is 508 g/mol. The minimum absolute atomic E-state index is 0.679. The number of carboxylic acids is 2. The van der Waals surface area contributed by atoms with E-state index in [4.69, 9.17) is 24.5 Å². The summed E-state index contributed by atoms with van der Waals surface area (Å²) in [6.45, 7) is 8.48. The standard InChI is InChI=1S/C16H21N3OS.2C2HF3O2/c1-3-20-10-14-7-17-6-13-8-19(5-4-16(13)14)9-15-11-21-12(2)18-15;2*3-2(4,5)1(6)7/h6-7,11H,3-5,8-10H2,1-2H3;2*(H,6,7). The number of hydrogen-bond acceptors (Lipinski definition) is 7. The second kappa shape index (κ2) is 13.3. The summed E-state index contributed by atoms with van der Waals surface area (Å²) >= 11 is 1.72. The first-order valence-electron chi connectivity index (χ1n) is 9.91. The largest absolute Gasteiger partial charge is 0.490 e. The first kappa shape index (κ1) is 30.3. The third-order valence-corrected chi connectivity index (χ3v) is 5.13. The number of alkyl halides is 6. The van der Waals surface area contributed by atoms with Gasteiger partial charge >= 0.3 is 24.3 Å². The van der Waals surface area contributed by atoms with E-state index in [1.807, 2.05) is 19.3 Å². The van der Waals surface area contributed by atoms with Gasteiger partial charge in [-0.15, -0.1) is 11.3 Å². The second-order valence-electron chi connectivity index (χ2n) is 7.00. The molecule has 1 aliphatic rings. The number of nitrogens with zero attached hydrogens (tertiary/aromatic N) is 3. The van der Waals surface area contributed by atoms with Gasteiger partial charge in [0, 0.05) is 44.0 Å². The number of aromatic nitrogens is 2. The summed E-state index contributed by atoms with van der Waals surface area (Å²) < 4.78 is 69.0. The molecule has 0 aliphatic carbocycles. The fourth-order valence-corrected chi connectivity index (χ4v) is 3.41. The van der Waals surface area contributed by atoms with Crippen LogP contribution in [0.3, 0.4) is 0 Å². The van der Waals surface area contributed by atoms with E-state index in [-0.39, 0.29) is 0 Å². The average Bonchev–Trinajstić information content (AvgIpc) is 3.16. The van der Waals surface area contributed by atoms with Gasteiger partial charge < -0.3 is 14.9 Å². The number of carboxylic acid groups (broad SMARTS) is 2. The summed E-state index contributed by atoms with van der Waals surface area (Å²) in [4.78, 5) is 29.2. The number of aliphatic carboxylic acids is 2. The van der Waals surface area contributed by atoms with Crippen molar-refractivity contribution < 1.29 is 50.9 Å². The van der Waals surface area contributed by atoms with E-state index in [9.17, 15) is 26.3 Å². The van der Waals surface area contributed by atoms with Crippen LogP contribution in [0.15, 0.2) is 17.8 Å². The topological polar surface area (TPSA) is 113 Å². The Kier molecular flexibility index (Phi) is 11.5. The minimum atomic E-state index is -5.08. The predicted molar refractivity (Wildman–Crippen MR) is 112 cm³/mol. The number of rotatable bonds is 5. The highest BCUT2D eigenvalue weighted by molar-refractivity contribution is 7.09. The molecule has 196 valence electrons. The fraction of sp³-hybridized carbons (Fsp3) is 0.500. The zero-order chi connectivity index (χ0) is 26.8. The number of pyridine rings is 1. The van der Waals surface area contributed by atoms with E-state index in [1.54, 1.807) is 11.3 Å². The molecule has 0 amide bonds. The van der Waals surface area contributed by atoms with Crippen molar-refractivity contribution in [2.45, 2.75) is 52.3 Å². The molecule has 0 bridgehead atoms. The lowest BCUT2D eigenvalue weighted by Crippen LogP contribution is -2.31. The number of ether oxygens (including phenoxy) is 1. The summed E-state index contributed by atoms with van der Waals surface area (Å²) in [5.74, 6) is -5.51. The van der Waals surface area contributed by atoms with E-state index in [0.29, 0.717) is 6.61 Å². The Labute approximate surface area is 200 Å². The lowest BCUT2D eigenvalue weighted by atomic mass is 9.97. The number of fused-ring (bicyclic) bond motifs is 1. The minimum Gasteiger partial charge on any atom is -0.475 e. The maximum absolute atomic E-state index is 10.6. The van der Waals surface area contributed by atoms with Gasteiger partial charge in [0.25, 0.3) is 0 Å². The second-order valence-corrected chi connectivity index (χ2v) is 8.06. The Balaban J connectivity index is 0.000000362. The predicted octanol–water partition coefficient (Wildman–Crippen LogP) is 4.21. The first-order chi connectivity index (χ1) is 16.1. The molecule has 0 radical (unpaired) electrons. The van der Waals surface area contributed by atoms with E-state index in [0.717, 1.165) is 37.7 Å². The van der Waals surface area contributed by atoms with E-state index >= 15 is 0 Å². The van der Waals surface area contributed by atoms with Gasteiger partial charge in [0.1, 0.15) is 0 Å². The number of thiazole rings is 1. The Morgan fingerprint density at radius 3 is 2.14 bits per heavy atom. The van der Waals surface area contributed by atoms with E-state index in [1.165, 1.54) is 22.4 Å². The Morgan fingerprint density at radius 1 is 1.11 bits per heavy atom. The monoisotopic (exact) mass is 531 g/mol. The Hall–Kier alpha value is -2.78. The van der Waals surface area contributed by atoms with Gasteiger partial charge in [-0.05, 0) is 37.0 Å². The third kappa shape index (κ3) is 11.0. The van der Waals surface area contributed by atoms with Crippen molar-refractivity contribution in [1.82, 2.24) is 14.9 Å². The van der Waals surface area contributed by atoms with Crippen LogP contribution >= 0.6 is 11.3 Å².